The van der Waals surface area contributed by atoms with E-state index in [1.165, 1.54) is 0 Å². The molecule has 2 N–H and O–H groups in total. The fourth-order valence-corrected chi connectivity index (χ4v) is 2.72. The summed E-state index contributed by atoms with van der Waals surface area (Å²) in [6.45, 7) is 1.42. The predicted molar refractivity (Wildman–Crippen MR) is 82.1 cm³/mol. The second kappa shape index (κ2) is 8.14. The second-order valence-corrected chi connectivity index (χ2v) is 5.65. The number of hydrogen-bond acceptors (Lipinski definition) is 3. The fourth-order valence-electron chi connectivity index (χ4n) is 2.72. The van der Waals surface area contributed by atoms with Crippen LogP contribution in [0.3, 0.4) is 0 Å². The van der Waals surface area contributed by atoms with E-state index in [0.717, 1.165) is 31.5 Å². The van der Waals surface area contributed by atoms with Gasteiger partial charge in [-0.1, -0.05) is 30.3 Å². The second-order valence-electron chi connectivity index (χ2n) is 5.65. The van der Waals surface area contributed by atoms with Gasteiger partial charge < -0.3 is 10.6 Å². The van der Waals surface area contributed by atoms with Crippen molar-refractivity contribution in [2.24, 2.45) is 0 Å². The van der Waals surface area contributed by atoms with Gasteiger partial charge in [-0.05, 0) is 31.5 Å². The summed E-state index contributed by atoms with van der Waals surface area (Å²) in [7, 11) is 0. The Morgan fingerprint density at radius 2 is 1.71 bits per heavy atom. The first-order valence-electron chi connectivity index (χ1n) is 7.78. The highest BCUT2D eigenvalue weighted by Gasteiger charge is 2.38. The molecule has 1 atom stereocenters. The average molecular weight is 343 g/mol. The molecular formula is C16H20F3N3O2. The van der Waals surface area contributed by atoms with Gasteiger partial charge in [-0.15, -0.1) is 0 Å². The Kier molecular flexibility index (Phi) is 6.19. The smallest absolute Gasteiger partial charge is 0.353 e. The summed E-state index contributed by atoms with van der Waals surface area (Å²) in [5.41, 5.74) is 1.04. The van der Waals surface area contributed by atoms with Crippen molar-refractivity contribution in [2.75, 3.05) is 26.2 Å². The monoisotopic (exact) mass is 343 g/mol. The molecule has 0 spiro atoms. The number of alkyl halides is 3. The molecule has 0 radical (unpaired) electrons. The largest absolute Gasteiger partial charge is 0.471 e. The van der Waals surface area contributed by atoms with Crippen LogP contribution < -0.4 is 10.6 Å². The molecule has 1 aliphatic rings. The number of hydrogen-bond donors (Lipinski definition) is 2. The van der Waals surface area contributed by atoms with Gasteiger partial charge in [0.2, 0.25) is 5.91 Å². The molecule has 2 rings (SSSR count). The molecule has 0 bridgehead atoms. The summed E-state index contributed by atoms with van der Waals surface area (Å²) in [4.78, 5) is 24.7. The van der Waals surface area contributed by atoms with Crippen LogP contribution in [0.1, 0.15) is 24.4 Å². The van der Waals surface area contributed by atoms with Gasteiger partial charge >= 0.3 is 12.1 Å². The van der Waals surface area contributed by atoms with Crippen LogP contribution in [0.15, 0.2) is 30.3 Å². The van der Waals surface area contributed by atoms with E-state index >= 15 is 0 Å². The third kappa shape index (κ3) is 5.23. The van der Waals surface area contributed by atoms with Crippen molar-refractivity contribution in [1.82, 2.24) is 15.5 Å². The maximum atomic E-state index is 12.1. The highest BCUT2D eigenvalue weighted by molar-refractivity contribution is 5.87. The normalized spacial score (nSPS) is 16.6. The van der Waals surface area contributed by atoms with Crippen LogP contribution in [-0.2, 0) is 9.59 Å². The van der Waals surface area contributed by atoms with Gasteiger partial charge in [0.1, 0.15) is 0 Å². The Labute approximate surface area is 138 Å². The molecule has 1 unspecified atom stereocenters. The third-order valence-corrected chi connectivity index (χ3v) is 3.93. The minimum absolute atomic E-state index is 0.0315. The quantitative estimate of drug-likeness (QED) is 0.825. The maximum absolute atomic E-state index is 12.1. The molecule has 0 aliphatic carbocycles. The molecule has 1 aromatic carbocycles. The number of carbonyl (C=O) groups is 2. The Morgan fingerprint density at radius 3 is 2.29 bits per heavy atom. The zero-order valence-electron chi connectivity index (χ0n) is 13.1. The molecule has 1 saturated heterocycles. The summed E-state index contributed by atoms with van der Waals surface area (Å²) in [6, 6.07) is 9.60. The fraction of sp³-hybridized carbons (Fsp3) is 0.500. The molecule has 0 aromatic heterocycles. The van der Waals surface area contributed by atoms with E-state index in [0.29, 0.717) is 0 Å². The van der Waals surface area contributed by atoms with Crippen molar-refractivity contribution in [3.8, 4) is 0 Å². The third-order valence-electron chi connectivity index (χ3n) is 3.93. The van der Waals surface area contributed by atoms with Gasteiger partial charge in [0, 0.05) is 6.54 Å². The van der Waals surface area contributed by atoms with Gasteiger partial charge in [-0.3, -0.25) is 14.5 Å². The van der Waals surface area contributed by atoms with Crippen molar-refractivity contribution in [2.45, 2.75) is 25.1 Å². The Balaban J connectivity index is 1.88. The summed E-state index contributed by atoms with van der Waals surface area (Å²) in [5.74, 6) is -2.76. The minimum atomic E-state index is -4.98. The van der Waals surface area contributed by atoms with E-state index in [1.807, 2.05) is 30.3 Å². The van der Waals surface area contributed by atoms with Crippen molar-refractivity contribution < 1.29 is 22.8 Å². The lowest BCUT2D eigenvalue weighted by Gasteiger charge is -2.28. The van der Waals surface area contributed by atoms with Crippen LogP contribution in [-0.4, -0.2) is 49.1 Å². The molecule has 1 fully saturated rings. The number of likely N-dealkylation sites (tertiary alicyclic amines) is 1. The zero-order valence-corrected chi connectivity index (χ0v) is 13.1. The van der Waals surface area contributed by atoms with E-state index in [-0.39, 0.29) is 12.6 Å². The van der Waals surface area contributed by atoms with Crippen LogP contribution in [0.2, 0.25) is 0 Å². The van der Waals surface area contributed by atoms with Crippen LogP contribution in [0, 0.1) is 0 Å². The zero-order chi connectivity index (χ0) is 17.6. The molecular weight excluding hydrogens is 323 g/mol. The minimum Gasteiger partial charge on any atom is -0.353 e. The van der Waals surface area contributed by atoms with E-state index < -0.39 is 24.5 Å². The molecule has 132 valence electrons. The molecule has 24 heavy (non-hydrogen) atoms. The number of nitrogens with zero attached hydrogens (tertiary/aromatic N) is 1. The number of carbonyl (C=O) groups excluding carboxylic acids is 2. The highest BCUT2D eigenvalue weighted by Crippen LogP contribution is 2.24. The van der Waals surface area contributed by atoms with E-state index in [4.69, 9.17) is 0 Å². The lowest BCUT2D eigenvalue weighted by atomic mass is 10.1. The number of nitrogens with one attached hydrogen (secondary N) is 2. The number of amides is 2. The van der Waals surface area contributed by atoms with Crippen LogP contribution >= 0.6 is 0 Å². The Hall–Kier alpha value is -2.09. The molecule has 1 heterocycles. The van der Waals surface area contributed by atoms with Gasteiger partial charge in [-0.25, -0.2) is 0 Å². The van der Waals surface area contributed by atoms with E-state index in [2.05, 4.69) is 10.2 Å². The first kappa shape index (κ1) is 18.3. The molecule has 8 heteroatoms. The standard InChI is InChI=1S/C16H20F3N3O2/c17-16(18,19)15(24)21-11-14(23)20-10-13(22-8-4-5-9-22)12-6-2-1-3-7-12/h1-3,6-7,13H,4-5,8-11H2,(H,20,23)(H,21,24). The van der Waals surface area contributed by atoms with Crippen molar-refractivity contribution in [3.05, 3.63) is 35.9 Å². The summed E-state index contributed by atoms with van der Waals surface area (Å²) >= 11 is 0. The molecule has 1 aromatic rings. The maximum Gasteiger partial charge on any atom is 0.471 e. The van der Waals surface area contributed by atoms with Crippen molar-refractivity contribution in [1.29, 1.82) is 0 Å². The summed E-state index contributed by atoms with van der Waals surface area (Å²) < 4.78 is 36.3. The highest BCUT2D eigenvalue weighted by atomic mass is 19.4. The van der Waals surface area contributed by atoms with Gasteiger partial charge in [0.05, 0.1) is 12.6 Å². The summed E-state index contributed by atoms with van der Waals surface area (Å²) in [5, 5.41) is 4.17. The van der Waals surface area contributed by atoms with Crippen LogP contribution in [0.25, 0.3) is 0 Å². The molecule has 1 aliphatic heterocycles. The van der Waals surface area contributed by atoms with Gasteiger partial charge in [0.25, 0.3) is 0 Å². The van der Waals surface area contributed by atoms with Crippen molar-refractivity contribution >= 4 is 11.8 Å². The first-order valence-corrected chi connectivity index (χ1v) is 7.78. The Morgan fingerprint density at radius 1 is 1.08 bits per heavy atom. The van der Waals surface area contributed by atoms with Crippen LogP contribution in [0.4, 0.5) is 13.2 Å². The summed E-state index contributed by atoms with van der Waals surface area (Å²) in [6.07, 6.45) is -2.82. The van der Waals surface area contributed by atoms with E-state index in [9.17, 15) is 22.8 Å². The molecule has 2 amide bonds. The topological polar surface area (TPSA) is 61.4 Å². The van der Waals surface area contributed by atoms with Crippen LogP contribution in [0.5, 0.6) is 0 Å². The van der Waals surface area contributed by atoms with E-state index in [1.54, 1.807) is 5.32 Å². The van der Waals surface area contributed by atoms with Gasteiger partial charge in [0.15, 0.2) is 0 Å². The van der Waals surface area contributed by atoms with Gasteiger partial charge in [-0.2, -0.15) is 13.2 Å². The lowest BCUT2D eigenvalue weighted by Crippen LogP contribution is -2.44. The first-order chi connectivity index (χ1) is 11.4. The molecule has 0 saturated carbocycles. The SMILES string of the molecule is O=C(CNC(=O)C(F)(F)F)NCC(c1ccccc1)N1CCCC1. The average Bonchev–Trinajstić information content (AvgIpc) is 3.07. The number of rotatable bonds is 6. The predicted octanol–water partition coefficient (Wildman–Crippen LogP) is 1.62. The molecule has 5 nitrogen and oxygen atoms in total. The Bertz CT molecular complexity index is 557. The van der Waals surface area contributed by atoms with Crippen molar-refractivity contribution in [3.63, 3.8) is 0 Å². The number of halogens is 3. The number of benzene rings is 1. The lowest BCUT2D eigenvalue weighted by molar-refractivity contribution is -0.173.